The molecule has 4 N–H and O–H groups in total. The molecule has 7 nitrogen and oxygen atoms in total. The molecule has 0 fully saturated rings. The average Bonchev–Trinajstić information content (AvgIpc) is 2.72. The van der Waals surface area contributed by atoms with Crippen LogP contribution in [0.25, 0.3) is 11.1 Å². The van der Waals surface area contributed by atoms with Crippen molar-refractivity contribution in [3.05, 3.63) is 65.7 Å². The first kappa shape index (κ1) is 21.6. The number of hydrogen-bond acceptors (Lipinski definition) is 7. The van der Waals surface area contributed by atoms with E-state index in [1.807, 2.05) is 6.07 Å². The van der Waals surface area contributed by atoms with Crippen molar-refractivity contribution in [1.29, 1.82) is 0 Å². The Morgan fingerprint density at radius 3 is 2.40 bits per heavy atom. The normalized spacial score (nSPS) is 12.1. The lowest BCUT2D eigenvalue weighted by Gasteiger charge is -2.23. The topological polar surface area (TPSA) is 111 Å². The minimum absolute atomic E-state index is 0.205. The Kier molecular flexibility index (Phi) is 6.01. The molecule has 2 aromatic heterocycles. The molecule has 0 bridgehead atoms. The van der Waals surface area contributed by atoms with E-state index in [-0.39, 0.29) is 11.5 Å². The van der Waals surface area contributed by atoms with Gasteiger partial charge < -0.3 is 20.6 Å². The van der Waals surface area contributed by atoms with Crippen molar-refractivity contribution in [1.82, 2.24) is 15.0 Å². The van der Waals surface area contributed by atoms with Gasteiger partial charge in [-0.25, -0.2) is 9.97 Å². The molecule has 3 rings (SSSR count). The van der Waals surface area contributed by atoms with Crippen LogP contribution in [0.15, 0.2) is 48.9 Å². The Balaban J connectivity index is 1.95. The third-order valence-electron chi connectivity index (χ3n) is 4.41. The first-order valence-electron chi connectivity index (χ1n) is 8.83. The fourth-order valence-corrected chi connectivity index (χ4v) is 2.81. The highest BCUT2D eigenvalue weighted by Gasteiger charge is 2.33. The molecule has 10 heteroatoms. The number of nitrogens with one attached hydrogen (secondary N) is 1. The molecule has 0 atom stereocenters. The van der Waals surface area contributed by atoms with Gasteiger partial charge in [0.25, 0.3) is 0 Å². The van der Waals surface area contributed by atoms with Gasteiger partial charge in [0.15, 0.2) is 0 Å². The summed E-state index contributed by atoms with van der Waals surface area (Å²) < 4.78 is 38.6. The summed E-state index contributed by atoms with van der Waals surface area (Å²) in [6, 6.07) is 7.54. The Morgan fingerprint density at radius 1 is 1.00 bits per heavy atom. The second kappa shape index (κ2) is 8.34. The molecule has 0 saturated carbocycles. The smallest absolute Gasteiger partial charge is 0.393 e. The minimum Gasteiger partial charge on any atom is -0.393 e. The maximum atomic E-state index is 12.9. The SMILES string of the molecule is Cc1cc(Nc2nccc(C(F)(F)F)n2)cc(-c2cncc(C(O)(CO)CO)c2)c1. The van der Waals surface area contributed by atoms with E-state index in [9.17, 15) is 28.5 Å². The second-order valence-electron chi connectivity index (χ2n) is 6.79. The van der Waals surface area contributed by atoms with Gasteiger partial charge in [-0.3, -0.25) is 4.98 Å². The number of hydrogen-bond donors (Lipinski definition) is 4. The zero-order valence-electron chi connectivity index (χ0n) is 15.9. The van der Waals surface area contributed by atoms with E-state index in [0.29, 0.717) is 16.8 Å². The van der Waals surface area contributed by atoms with Crippen molar-refractivity contribution in [2.45, 2.75) is 18.7 Å². The zero-order valence-corrected chi connectivity index (χ0v) is 15.9. The van der Waals surface area contributed by atoms with Gasteiger partial charge in [-0.15, -0.1) is 0 Å². The molecule has 0 aliphatic rings. The lowest BCUT2D eigenvalue weighted by atomic mass is 9.94. The Hall–Kier alpha value is -3.08. The van der Waals surface area contributed by atoms with Crippen molar-refractivity contribution >= 4 is 11.6 Å². The molecule has 0 unspecified atom stereocenters. The minimum atomic E-state index is -4.58. The molecule has 2 heterocycles. The van der Waals surface area contributed by atoms with Crippen LogP contribution in [0.2, 0.25) is 0 Å². The van der Waals surface area contributed by atoms with Crippen molar-refractivity contribution in [3.8, 4) is 11.1 Å². The van der Waals surface area contributed by atoms with Crippen LogP contribution in [0.3, 0.4) is 0 Å². The third kappa shape index (κ3) is 4.73. The number of alkyl halides is 3. The van der Waals surface area contributed by atoms with Crippen molar-refractivity contribution in [2.24, 2.45) is 0 Å². The van der Waals surface area contributed by atoms with Gasteiger partial charge >= 0.3 is 6.18 Å². The maximum absolute atomic E-state index is 12.9. The molecule has 0 saturated heterocycles. The van der Waals surface area contributed by atoms with E-state index < -0.39 is 30.7 Å². The second-order valence-corrected chi connectivity index (χ2v) is 6.79. The number of halogens is 3. The van der Waals surface area contributed by atoms with Crippen LogP contribution >= 0.6 is 0 Å². The number of aliphatic hydroxyl groups excluding tert-OH is 2. The fraction of sp³-hybridized carbons (Fsp3) is 0.250. The van der Waals surface area contributed by atoms with E-state index in [2.05, 4.69) is 20.3 Å². The monoisotopic (exact) mass is 420 g/mol. The first-order chi connectivity index (χ1) is 14.1. The average molecular weight is 420 g/mol. The largest absolute Gasteiger partial charge is 0.433 e. The Labute approximate surface area is 169 Å². The number of rotatable bonds is 6. The molecule has 158 valence electrons. The summed E-state index contributed by atoms with van der Waals surface area (Å²) in [5, 5.41) is 31.8. The van der Waals surface area contributed by atoms with Crippen LogP contribution in [-0.4, -0.2) is 43.5 Å². The number of benzene rings is 1. The molecule has 30 heavy (non-hydrogen) atoms. The van der Waals surface area contributed by atoms with Gasteiger partial charge in [-0.2, -0.15) is 13.2 Å². The highest BCUT2D eigenvalue weighted by atomic mass is 19.4. The number of aryl methyl sites for hydroxylation is 1. The van der Waals surface area contributed by atoms with E-state index in [4.69, 9.17) is 0 Å². The summed E-state index contributed by atoms with van der Waals surface area (Å²) in [5.41, 5.74) is -0.207. The van der Waals surface area contributed by atoms with Crippen LogP contribution in [0.1, 0.15) is 16.8 Å². The predicted molar refractivity (Wildman–Crippen MR) is 103 cm³/mol. The summed E-state index contributed by atoms with van der Waals surface area (Å²) in [6.45, 7) is 0.418. The van der Waals surface area contributed by atoms with Crippen LogP contribution in [-0.2, 0) is 11.8 Å². The molecular weight excluding hydrogens is 401 g/mol. The number of pyridine rings is 1. The number of aliphatic hydroxyl groups is 3. The first-order valence-corrected chi connectivity index (χ1v) is 8.83. The van der Waals surface area contributed by atoms with Gasteiger partial charge in [0, 0.05) is 35.4 Å². The molecule has 3 aromatic rings. The summed E-state index contributed by atoms with van der Waals surface area (Å²) in [7, 11) is 0. The molecule has 0 radical (unpaired) electrons. The van der Waals surface area contributed by atoms with Crippen molar-refractivity contribution < 1.29 is 28.5 Å². The van der Waals surface area contributed by atoms with Crippen LogP contribution in [0.5, 0.6) is 0 Å². The van der Waals surface area contributed by atoms with E-state index in [1.165, 1.54) is 12.4 Å². The van der Waals surface area contributed by atoms with Crippen LogP contribution in [0, 0.1) is 6.92 Å². The van der Waals surface area contributed by atoms with E-state index >= 15 is 0 Å². The standard InChI is InChI=1S/C20H19F3N4O3/c1-12-4-13(14-6-15(9-24-8-14)19(30,10-28)11-29)7-16(5-12)26-18-25-3-2-17(27-18)20(21,22)23/h2-9,28-30H,10-11H2,1H3,(H,25,26,27). The molecule has 0 amide bonds. The van der Waals surface area contributed by atoms with Gasteiger partial charge in [0.05, 0.1) is 13.2 Å². The molecule has 0 aliphatic heterocycles. The van der Waals surface area contributed by atoms with Crippen molar-refractivity contribution in [2.75, 3.05) is 18.5 Å². The van der Waals surface area contributed by atoms with Gasteiger partial charge in [0.2, 0.25) is 5.95 Å². The van der Waals surface area contributed by atoms with Gasteiger partial charge in [0.1, 0.15) is 11.3 Å². The summed E-state index contributed by atoms with van der Waals surface area (Å²) in [4.78, 5) is 11.4. The Morgan fingerprint density at radius 2 is 1.73 bits per heavy atom. The quantitative estimate of drug-likeness (QED) is 0.485. The van der Waals surface area contributed by atoms with Gasteiger partial charge in [-0.05, 0) is 42.3 Å². The molecular formula is C20H19F3N4O3. The predicted octanol–water partition coefficient (Wildman–Crippen LogP) is 2.78. The number of aromatic nitrogens is 3. The van der Waals surface area contributed by atoms with Crippen molar-refractivity contribution in [3.63, 3.8) is 0 Å². The van der Waals surface area contributed by atoms with E-state index in [1.54, 1.807) is 25.1 Å². The van der Waals surface area contributed by atoms with E-state index in [0.717, 1.165) is 17.8 Å². The molecule has 1 aromatic carbocycles. The van der Waals surface area contributed by atoms with Crippen LogP contribution in [0.4, 0.5) is 24.8 Å². The number of nitrogens with zero attached hydrogens (tertiary/aromatic N) is 3. The summed E-state index contributed by atoms with van der Waals surface area (Å²) in [6.07, 6.45) is -0.703. The highest BCUT2D eigenvalue weighted by molar-refractivity contribution is 5.71. The van der Waals surface area contributed by atoms with Gasteiger partial charge in [-0.1, -0.05) is 6.07 Å². The lowest BCUT2D eigenvalue weighted by Crippen LogP contribution is -2.34. The highest BCUT2D eigenvalue weighted by Crippen LogP contribution is 2.30. The number of anilines is 2. The summed E-state index contributed by atoms with van der Waals surface area (Å²) in [5.74, 6) is -0.205. The summed E-state index contributed by atoms with van der Waals surface area (Å²) >= 11 is 0. The molecule has 0 spiro atoms. The third-order valence-corrected chi connectivity index (χ3v) is 4.41. The van der Waals surface area contributed by atoms with Crippen LogP contribution < -0.4 is 5.32 Å². The molecule has 0 aliphatic carbocycles. The maximum Gasteiger partial charge on any atom is 0.433 e. The Bertz CT molecular complexity index is 1040. The lowest BCUT2D eigenvalue weighted by molar-refractivity contribution is -0.141. The zero-order chi connectivity index (χ0) is 21.9. The fourth-order valence-electron chi connectivity index (χ4n) is 2.81.